The average molecular weight is 146 g/mol. The molecule has 0 aromatic carbocycles. The van der Waals surface area contributed by atoms with E-state index in [1.807, 2.05) is 0 Å². The summed E-state index contributed by atoms with van der Waals surface area (Å²) >= 11 is 0. The maximum Gasteiger partial charge on any atom is 0.367 e. The van der Waals surface area contributed by atoms with E-state index in [4.69, 9.17) is 0 Å². The van der Waals surface area contributed by atoms with Gasteiger partial charge in [-0.3, -0.25) is 0 Å². The lowest BCUT2D eigenvalue weighted by Gasteiger charge is -2.18. The zero-order valence-corrected chi connectivity index (χ0v) is 6.40. The molecule has 0 bridgehead atoms. The van der Waals surface area contributed by atoms with Crippen LogP contribution < -0.4 is 0 Å². The van der Waals surface area contributed by atoms with Crippen LogP contribution in [0.15, 0.2) is 12.4 Å². The van der Waals surface area contributed by atoms with E-state index in [0.29, 0.717) is 0 Å². The molecule has 3 heteroatoms. The van der Waals surface area contributed by atoms with Gasteiger partial charge in [-0.25, -0.2) is 4.79 Å². The fraction of sp³-hybridized carbons (Fsp3) is 0.571. The minimum absolute atomic E-state index is 0.647. The van der Waals surface area contributed by atoms with E-state index in [1.165, 1.54) is 0 Å². The molecule has 0 aromatic rings. The second-order valence-corrected chi connectivity index (χ2v) is 2.91. The predicted octanol–water partition coefficient (Wildman–Crippen LogP) is 1.81. The molecule has 0 aliphatic carbocycles. The molecule has 10 heavy (non-hydrogen) atoms. The van der Waals surface area contributed by atoms with Gasteiger partial charge >= 0.3 is 5.97 Å². The fourth-order valence-electron chi connectivity index (χ4n) is 0.333. The van der Waals surface area contributed by atoms with E-state index in [0.717, 1.165) is 0 Å². The molecule has 0 radical (unpaired) electrons. The first kappa shape index (κ1) is 9.14. The minimum atomic E-state index is -1.06. The fourth-order valence-corrected chi connectivity index (χ4v) is 0.333. The molecule has 0 fully saturated rings. The molecular formula is C7H11FO2. The van der Waals surface area contributed by atoms with Crippen molar-refractivity contribution in [3.05, 3.63) is 12.4 Å². The molecule has 0 heterocycles. The number of carbonyl (C=O) groups excluding carboxylic acids is 1. The maximum absolute atomic E-state index is 12.0. The van der Waals surface area contributed by atoms with Gasteiger partial charge in [0.25, 0.3) is 0 Å². The van der Waals surface area contributed by atoms with Gasteiger partial charge in [-0.05, 0) is 20.8 Å². The van der Waals surface area contributed by atoms with E-state index in [2.05, 4.69) is 11.3 Å². The Balaban J connectivity index is 3.93. The van der Waals surface area contributed by atoms with Crippen LogP contribution in [-0.4, -0.2) is 11.6 Å². The van der Waals surface area contributed by atoms with Gasteiger partial charge in [0.05, 0.1) is 0 Å². The van der Waals surface area contributed by atoms with Gasteiger partial charge in [-0.15, -0.1) is 0 Å². The normalized spacial score (nSPS) is 10.8. The molecular weight excluding hydrogens is 135 g/mol. The first-order chi connectivity index (χ1) is 4.33. The summed E-state index contributed by atoms with van der Waals surface area (Å²) in [5, 5.41) is 0. The van der Waals surface area contributed by atoms with Gasteiger partial charge in [-0.2, -0.15) is 4.39 Å². The molecule has 58 valence electrons. The van der Waals surface area contributed by atoms with Crippen molar-refractivity contribution in [3.63, 3.8) is 0 Å². The number of carbonyl (C=O) groups is 1. The number of halogens is 1. The average Bonchev–Trinajstić information content (AvgIpc) is 1.60. The van der Waals surface area contributed by atoms with Crippen LogP contribution in [0, 0.1) is 0 Å². The molecule has 0 saturated heterocycles. The molecule has 0 aromatic heterocycles. The smallest absolute Gasteiger partial charge is 0.367 e. The van der Waals surface area contributed by atoms with E-state index in [-0.39, 0.29) is 0 Å². The zero-order chi connectivity index (χ0) is 8.36. The number of ether oxygens (including phenoxy) is 1. The number of esters is 1. The van der Waals surface area contributed by atoms with Gasteiger partial charge in [-0.1, -0.05) is 6.58 Å². The molecule has 0 saturated carbocycles. The molecule has 0 unspecified atom stereocenters. The summed E-state index contributed by atoms with van der Waals surface area (Å²) in [6.45, 7) is 7.78. The molecule has 0 atom stereocenters. The summed E-state index contributed by atoms with van der Waals surface area (Å²) in [5.41, 5.74) is -0.647. The topological polar surface area (TPSA) is 26.3 Å². The lowest BCUT2D eigenvalue weighted by Crippen LogP contribution is -2.23. The third kappa shape index (κ3) is 4.06. The maximum atomic E-state index is 12.0. The molecule has 0 amide bonds. The van der Waals surface area contributed by atoms with Crippen molar-refractivity contribution in [2.24, 2.45) is 0 Å². The number of rotatable bonds is 1. The Morgan fingerprint density at radius 3 is 2.00 bits per heavy atom. The monoisotopic (exact) mass is 146 g/mol. The van der Waals surface area contributed by atoms with Gasteiger partial charge < -0.3 is 4.74 Å². The van der Waals surface area contributed by atoms with Crippen molar-refractivity contribution in [1.82, 2.24) is 0 Å². The Morgan fingerprint density at radius 1 is 1.50 bits per heavy atom. The van der Waals surface area contributed by atoms with E-state index in [1.54, 1.807) is 20.8 Å². The SMILES string of the molecule is C=C(F)C(=O)OC(C)(C)C. The van der Waals surface area contributed by atoms with Crippen molar-refractivity contribution < 1.29 is 13.9 Å². The first-order valence-corrected chi connectivity index (χ1v) is 2.90. The third-order valence-corrected chi connectivity index (χ3v) is 0.620. The van der Waals surface area contributed by atoms with Crippen LogP contribution in [0.1, 0.15) is 20.8 Å². The van der Waals surface area contributed by atoms with Crippen LogP contribution in [0.25, 0.3) is 0 Å². The highest BCUT2D eigenvalue weighted by Gasteiger charge is 2.17. The summed E-state index contributed by atoms with van der Waals surface area (Å²) in [6, 6.07) is 0. The van der Waals surface area contributed by atoms with Crippen molar-refractivity contribution in [3.8, 4) is 0 Å². The minimum Gasteiger partial charge on any atom is -0.455 e. The van der Waals surface area contributed by atoms with Gasteiger partial charge in [0.1, 0.15) is 5.60 Å². The van der Waals surface area contributed by atoms with Gasteiger partial charge in [0, 0.05) is 0 Å². The van der Waals surface area contributed by atoms with Crippen LogP contribution in [0.4, 0.5) is 4.39 Å². The standard InChI is InChI=1S/C7H11FO2/c1-5(8)6(9)10-7(2,3)4/h1H2,2-4H3. The second kappa shape index (κ2) is 2.82. The van der Waals surface area contributed by atoms with Crippen molar-refractivity contribution in [1.29, 1.82) is 0 Å². The molecule has 0 spiro atoms. The van der Waals surface area contributed by atoms with Crippen molar-refractivity contribution in [2.45, 2.75) is 26.4 Å². The third-order valence-electron chi connectivity index (χ3n) is 0.620. The lowest BCUT2D eigenvalue weighted by atomic mass is 10.2. The largest absolute Gasteiger partial charge is 0.455 e. The van der Waals surface area contributed by atoms with Crippen molar-refractivity contribution >= 4 is 5.97 Å². The Morgan fingerprint density at radius 2 is 1.90 bits per heavy atom. The molecule has 0 aliphatic heterocycles. The van der Waals surface area contributed by atoms with E-state index < -0.39 is 17.4 Å². The molecule has 0 N–H and O–H groups in total. The second-order valence-electron chi connectivity index (χ2n) is 2.91. The van der Waals surface area contributed by atoms with Crippen LogP contribution in [0.2, 0.25) is 0 Å². The zero-order valence-electron chi connectivity index (χ0n) is 6.40. The summed E-state index contributed by atoms with van der Waals surface area (Å²) in [7, 11) is 0. The Kier molecular flexibility index (Phi) is 2.57. The number of hydrogen-bond donors (Lipinski definition) is 0. The van der Waals surface area contributed by atoms with Crippen LogP contribution in [-0.2, 0) is 9.53 Å². The van der Waals surface area contributed by atoms with Crippen LogP contribution in [0.3, 0.4) is 0 Å². The Labute approximate surface area is 59.7 Å². The summed E-state index contributed by atoms with van der Waals surface area (Å²) in [6.07, 6.45) is 0. The van der Waals surface area contributed by atoms with E-state index >= 15 is 0 Å². The summed E-state index contributed by atoms with van der Waals surface area (Å²) < 4.78 is 16.5. The van der Waals surface area contributed by atoms with E-state index in [9.17, 15) is 9.18 Å². The highest BCUT2D eigenvalue weighted by atomic mass is 19.1. The lowest BCUT2D eigenvalue weighted by molar-refractivity contribution is -0.151. The number of hydrogen-bond acceptors (Lipinski definition) is 2. The van der Waals surface area contributed by atoms with Gasteiger partial charge in [0.2, 0.25) is 5.83 Å². The van der Waals surface area contributed by atoms with Crippen LogP contribution >= 0.6 is 0 Å². The quantitative estimate of drug-likeness (QED) is 0.416. The molecule has 0 rings (SSSR count). The highest BCUT2D eigenvalue weighted by molar-refractivity contribution is 5.85. The van der Waals surface area contributed by atoms with Crippen molar-refractivity contribution in [2.75, 3.05) is 0 Å². The molecule has 2 nitrogen and oxygen atoms in total. The highest BCUT2D eigenvalue weighted by Crippen LogP contribution is 2.09. The van der Waals surface area contributed by atoms with Crippen LogP contribution in [0.5, 0.6) is 0 Å². The molecule has 0 aliphatic rings. The Hall–Kier alpha value is -0.860. The van der Waals surface area contributed by atoms with Gasteiger partial charge in [0.15, 0.2) is 0 Å². The summed E-state index contributed by atoms with van der Waals surface area (Å²) in [4.78, 5) is 10.5. The predicted molar refractivity (Wildman–Crippen MR) is 36.1 cm³/mol. The first-order valence-electron chi connectivity index (χ1n) is 2.90. The Bertz CT molecular complexity index is 155. The summed E-state index contributed by atoms with van der Waals surface area (Å²) in [5.74, 6) is -2.05.